The quantitative estimate of drug-likeness (QED) is 0.124. The Bertz CT molecular complexity index is 1620. The van der Waals surface area contributed by atoms with Crippen molar-refractivity contribution in [2.24, 2.45) is 0 Å². The molecule has 0 fully saturated rings. The molecule has 200 valence electrons. The number of pyridine rings is 2. The van der Waals surface area contributed by atoms with Crippen LogP contribution in [0.2, 0.25) is 0 Å². The van der Waals surface area contributed by atoms with Crippen molar-refractivity contribution in [2.45, 2.75) is 17.8 Å². The third-order valence-corrected chi connectivity index (χ3v) is 6.80. The van der Waals surface area contributed by atoms with Gasteiger partial charge in [0.15, 0.2) is 0 Å². The highest BCUT2D eigenvalue weighted by Gasteiger charge is 2.18. The first-order valence-corrected chi connectivity index (χ1v) is 14.0. The Morgan fingerprint density at radius 3 is 2.67 bits per heavy atom. The second-order valence-electron chi connectivity index (χ2n) is 9.84. The summed E-state index contributed by atoms with van der Waals surface area (Å²) in [4.78, 5) is 14.6. The number of aromatic nitrogens is 5. The molecule has 0 aliphatic rings. The summed E-state index contributed by atoms with van der Waals surface area (Å²) in [7, 11) is 4.04. The molecule has 7 nitrogen and oxygen atoms in total. The lowest BCUT2D eigenvalue weighted by molar-refractivity contribution is 0.425. The molecule has 0 bridgehead atoms. The van der Waals surface area contributed by atoms with E-state index >= 15 is 0 Å². The number of halogens is 2. The fraction of sp³-hybridized carbons (Fsp3) is 0.233. The first-order valence-electron chi connectivity index (χ1n) is 12.8. The Morgan fingerprint density at radius 2 is 1.92 bits per heavy atom. The van der Waals surface area contributed by atoms with Crippen LogP contribution < -0.4 is 5.32 Å². The maximum Gasteiger partial charge on any atom is 0.135 e. The van der Waals surface area contributed by atoms with Gasteiger partial charge in [-0.1, -0.05) is 28.7 Å². The number of anilines is 1. The van der Waals surface area contributed by atoms with Crippen molar-refractivity contribution in [3.05, 3.63) is 89.6 Å². The third-order valence-electron chi connectivity index (χ3n) is 6.44. The summed E-state index contributed by atoms with van der Waals surface area (Å²) in [5, 5.41) is 11.1. The Labute approximate surface area is 241 Å². The van der Waals surface area contributed by atoms with Gasteiger partial charge in [-0.2, -0.15) is 5.10 Å². The van der Waals surface area contributed by atoms with E-state index in [0.717, 1.165) is 74.8 Å². The predicted octanol–water partition coefficient (Wildman–Crippen LogP) is 6.69. The highest BCUT2D eigenvalue weighted by atomic mass is 127. The van der Waals surface area contributed by atoms with Crippen molar-refractivity contribution in [3.8, 4) is 22.6 Å². The lowest BCUT2D eigenvalue weighted by Gasteiger charge is -2.14. The van der Waals surface area contributed by atoms with Crippen LogP contribution in [0.3, 0.4) is 0 Å². The van der Waals surface area contributed by atoms with E-state index in [4.69, 9.17) is 4.98 Å². The number of aromatic amines is 2. The van der Waals surface area contributed by atoms with Crippen molar-refractivity contribution in [1.82, 2.24) is 30.0 Å². The van der Waals surface area contributed by atoms with Crippen LogP contribution in [0, 0.1) is 12.7 Å². The van der Waals surface area contributed by atoms with Crippen LogP contribution in [0.4, 0.5) is 10.1 Å². The second-order valence-corrected chi connectivity index (χ2v) is 11.8. The zero-order valence-corrected chi connectivity index (χ0v) is 24.5. The minimum atomic E-state index is -0.272. The average molecular weight is 636 g/mol. The van der Waals surface area contributed by atoms with Gasteiger partial charge in [0.2, 0.25) is 0 Å². The number of benzene rings is 1. The van der Waals surface area contributed by atoms with Gasteiger partial charge in [0, 0.05) is 51.9 Å². The number of nitrogens with zero attached hydrogens (tertiary/aromatic N) is 4. The number of hydrogen-bond donors (Lipinski definition) is 3. The average Bonchev–Trinajstić information content (AvgIpc) is 3.50. The molecule has 39 heavy (non-hydrogen) atoms. The van der Waals surface area contributed by atoms with E-state index in [9.17, 15) is 4.39 Å². The number of hydrogen-bond acceptors (Lipinski definition) is 5. The minimum Gasteiger partial charge on any atom is -0.384 e. The van der Waals surface area contributed by atoms with Crippen molar-refractivity contribution < 1.29 is 4.39 Å². The van der Waals surface area contributed by atoms with Crippen molar-refractivity contribution >= 4 is 44.9 Å². The van der Waals surface area contributed by atoms with Crippen molar-refractivity contribution in [3.63, 3.8) is 0 Å². The van der Waals surface area contributed by atoms with Gasteiger partial charge in [0.1, 0.15) is 17.0 Å². The first kappa shape index (κ1) is 27.0. The molecule has 0 radical (unpaired) electrons. The molecule has 1 aromatic carbocycles. The fourth-order valence-electron chi connectivity index (χ4n) is 4.58. The molecule has 3 N–H and O–H groups in total. The van der Waals surface area contributed by atoms with Gasteiger partial charge < -0.3 is 15.2 Å². The maximum absolute atomic E-state index is 14.8. The maximum atomic E-state index is 14.8. The van der Waals surface area contributed by atoms with Crippen LogP contribution in [0.15, 0.2) is 67.0 Å². The van der Waals surface area contributed by atoms with Crippen molar-refractivity contribution in [1.29, 1.82) is 0 Å². The van der Waals surface area contributed by atoms with Gasteiger partial charge in [-0.15, -0.1) is 0 Å². The zero-order chi connectivity index (χ0) is 27.5. The summed E-state index contributed by atoms with van der Waals surface area (Å²) < 4.78 is 15.0. The normalized spacial score (nSPS) is 12.8. The topological polar surface area (TPSA) is 85.5 Å². The summed E-state index contributed by atoms with van der Waals surface area (Å²) in [5.74, 6) is -0.272. The number of fused-ring (bicyclic) bond motifs is 1. The van der Waals surface area contributed by atoms with Crippen LogP contribution in [0.5, 0.6) is 0 Å². The van der Waals surface area contributed by atoms with Gasteiger partial charge >= 0.3 is 0 Å². The molecule has 0 unspecified atom stereocenters. The zero-order valence-electron chi connectivity index (χ0n) is 22.4. The first-order chi connectivity index (χ1) is 18.8. The van der Waals surface area contributed by atoms with Crippen LogP contribution in [-0.4, -0.2) is 61.2 Å². The molecule has 0 aliphatic carbocycles. The van der Waals surface area contributed by atoms with Gasteiger partial charge in [0.25, 0.3) is 0 Å². The summed E-state index contributed by atoms with van der Waals surface area (Å²) in [6.45, 7) is 5.73. The molecule has 5 rings (SSSR count). The Morgan fingerprint density at radius 1 is 1.13 bits per heavy atom. The number of nitrogens with one attached hydrogen (secondary N) is 3. The summed E-state index contributed by atoms with van der Waals surface area (Å²) in [6.07, 6.45) is 5.69. The lowest BCUT2D eigenvalue weighted by atomic mass is 9.96. The predicted molar refractivity (Wildman–Crippen MR) is 166 cm³/mol. The molecule has 4 heterocycles. The van der Waals surface area contributed by atoms with E-state index in [1.165, 1.54) is 0 Å². The smallest absolute Gasteiger partial charge is 0.135 e. The molecule has 0 saturated carbocycles. The van der Waals surface area contributed by atoms with Crippen LogP contribution in [0.25, 0.3) is 39.3 Å². The van der Waals surface area contributed by atoms with E-state index in [2.05, 4.69) is 72.0 Å². The summed E-state index contributed by atoms with van der Waals surface area (Å²) in [5.41, 5.74) is 9.59. The van der Waals surface area contributed by atoms with E-state index in [-0.39, 0.29) is 9.74 Å². The largest absolute Gasteiger partial charge is 0.384 e. The fourth-order valence-corrected chi connectivity index (χ4v) is 4.94. The molecule has 4 aromatic heterocycles. The Hall–Kier alpha value is -3.57. The molecule has 0 spiro atoms. The molecule has 0 saturated heterocycles. The highest BCUT2D eigenvalue weighted by molar-refractivity contribution is 14.1. The van der Waals surface area contributed by atoms with Crippen molar-refractivity contribution in [2.75, 3.05) is 32.5 Å². The SMILES string of the molecule is Cc1[nH]c(-c2n[nH]c3ccc(-c4ccncc4)nc23)cc1/C(=C\[C@@H](C)I)c1cc(F)cc(NCCN(C)C)c1. The molecule has 9 heteroatoms. The van der Waals surface area contributed by atoms with Gasteiger partial charge in [-0.05, 0) is 87.6 Å². The molecular formula is C30H31FIN7. The lowest BCUT2D eigenvalue weighted by Crippen LogP contribution is -2.20. The van der Waals surface area contributed by atoms with E-state index < -0.39 is 0 Å². The Balaban J connectivity index is 1.54. The number of H-pyrrole nitrogens is 2. The molecule has 1 atom stereocenters. The second kappa shape index (κ2) is 11.7. The van der Waals surface area contributed by atoms with E-state index in [1.54, 1.807) is 24.5 Å². The van der Waals surface area contributed by atoms with Crippen LogP contribution in [0.1, 0.15) is 23.7 Å². The minimum absolute atomic E-state index is 0.236. The molecule has 0 aliphatic heterocycles. The standard InChI is InChI=1S/C30H31FIN7/c1-18(32)13-25(21-14-22(31)16-23(15-21)34-11-12-39(3)4)24-17-28(35-19(24)2)30-29-27(37-38-30)6-5-26(36-29)20-7-9-33-10-8-20/h5-10,13-18,34-35H,11-12H2,1-4H3,(H,37,38)/b25-13-/t18-/m1/s1. The monoisotopic (exact) mass is 635 g/mol. The highest BCUT2D eigenvalue weighted by Crippen LogP contribution is 2.35. The van der Waals surface area contributed by atoms with Crippen LogP contribution >= 0.6 is 22.6 Å². The van der Waals surface area contributed by atoms with Gasteiger partial charge in [-0.25, -0.2) is 9.37 Å². The Kier molecular flexibility index (Phi) is 8.08. The summed E-state index contributed by atoms with van der Waals surface area (Å²) >= 11 is 2.37. The number of alkyl halides is 1. The van der Waals surface area contributed by atoms with Crippen LogP contribution in [-0.2, 0) is 0 Å². The number of allylic oxidation sites excluding steroid dienone is 1. The molecule has 0 amide bonds. The van der Waals surface area contributed by atoms with E-state index in [0.29, 0.717) is 0 Å². The summed E-state index contributed by atoms with van der Waals surface area (Å²) in [6, 6.07) is 15.1. The van der Waals surface area contributed by atoms with Gasteiger partial charge in [0.05, 0.1) is 16.9 Å². The number of likely N-dealkylation sites (N-methyl/N-ethyl adjacent to an activating group) is 1. The molecular weight excluding hydrogens is 604 g/mol. The molecule has 5 aromatic rings. The van der Waals surface area contributed by atoms with E-state index in [1.807, 2.05) is 51.4 Å². The third kappa shape index (κ3) is 6.20. The number of aryl methyl sites for hydroxylation is 1. The number of rotatable bonds is 9. The van der Waals surface area contributed by atoms with Gasteiger partial charge in [-0.3, -0.25) is 10.1 Å².